The summed E-state index contributed by atoms with van der Waals surface area (Å²) < 4.78 is 0. The largest absolute Gasteiger partial charge is 0.354 e. The second-order valence-electron chi connectivity index (χ2n) is 7.14. The summed E-state index contributed by atoms with van der Waals surface area (Å²) in [7, 11) is 2.01. The molecule has 0 radical (unpaired) electrons. The predicted octanol–water partition coefficient (Wildman–Crippen LogP) is 3.65. The molecule has 1 atom stereocenters. The first-order valence-electron chi connectivity index (χ1n) is 9.10. The fourth-order valence-electron chi connectivity index (χ4n) is 3.85. The lowest BCUT2D eigenvalue weighted by molar-refractivity contribution is 0.0589. The summed E-state index contributed by atoms with van der Waals surface area (Å²) in [4.78, 5) is 29.5. The number of piperidine rings is 1. The summed E-state index contributed by atoms with van der Waals surface area (Å²) in [6, 6.07) is 13.1. The molecule has 0 aromatic heterocycles. The SMILES string of the molecule is Cc1ccc(NC(=O)c2ccc3c(c2)N(C)C2CCCCN2C3=O)cc1. The van der Waals surface area contributed by atoms with Crippen molar-refractivity contribution in [1.29, 1.82) is 0 Å². The number of nitrogens with zero attached hydrogens (tertiary/aromatic N) is 2. The average molecular weight is 349 g/mol. The van der Waals surface area contributed by atoms with Gasteiger partial charge in [-0.25, -0.2) is 0 Å². The van der Waals surface area contributed by atoms with Crippen LogP contribution < -0.4 is 10.2 Å². The highest BCUT2D eigenvalue weighted by Gasteiger charge is 2.37. The van der Waals surface area contributed by atoms with Crippen LogP contribution >= 0.6 is 0 Å². The van der Waals surface area contributed by atoms with Crippen molar-refractivity contribution >= 4 is 23.2 Å². The van der Waals surface area contributed by atoms with E-state index in [-0.39, 0.29) is 18.0 Å². The Bertz CT molecular complexity index is 860. The topological polar surface area (TPSA) is 52.7 Å². The van der Waals surface area contributed by atoms with Gasteiger partial charge in [-0.1, -0.05) is 17.7 Å². The molecule has 4 rings (SSSR count). The molecule has 134 valence electrons. The van der Waals surface area contributed by atoms with Crippen molar-refractivity contribution in [2.75, 3.05) is 23.8 Å². The van der Waals surface area contributed by atoms with Crippen molar-refractivity contribution in [1.82, 2.24) is 4.90 Å². The number of fused-ring (bicyclic) bond motifs is 2. The number of rotatable bonds is 2. The molecule has 1 N–H and O–H groups in total. The quantitative estimate of drug-likeness (QED) is 0.900. The van der Waals surface area contributed by atoms with Crippen molar-refractivity contribution in [2.45, 2.75) is 32.4 Å². The fourth-order valence-corrected chi connectivity index (χ4v) is 3.85. The minimum absolute atomic E-state index is 0.0771. The number of hydrogen-bond acceptors (Lipinski definition) is 3. The standard InChI is InChI=1S/C21H23N3O2/c1-14-6-9-16(10-7-14)22-20(25)15-8-11-17-18(13-15)23(2)19-5-3-4-12-24(19)21(17)26/h6-11,13,19H,3-5,12H2,1-2H3,(H,22,25). The van der Waals surface area contributed by atoms with Crippen LogP contribution in [0.3, 0.4) is 0 Å². The van der Waals surface area contributed by atoms with E-state index in [1.54, 1.807) is 12.1 Å². The number of carbonyl (C=O) groups excluding carboxylic acids is 2. The van der Waals surface area contributed by atoms with Gasteiger partial charge < -0.3 is 15.1 Å². The van der Waals surface area contributed by atoms with Crippen molar-refractivity contribution in [3.63, 3.8) is 0 Å². The van der Waals surface area contributed by atoms with Crippen LogP contribution in [0.2, 0.25) is 0 Å². The molecule has 2 amide bonds. The fraction of sp³-hybridized carbons (Fsp3) is 0.333. The maximum Gasteiger partial charge on any atom is 0.257 e. The Morgan fingerprint density at radius 3 is 2.65 bits per heavy atom. The third-order valence-corrected chi connectivity index (χ3v) is 5.36. The average Bonchev–Trinajstić information content (AvgIpc) is 2.67. The zero-order valence-corrected chi connectivity index (χ0v) is 15.2. The minimum atomic E-state index is -0.163. The first-order chi connectivity index (χ1) is 12.5. The molecule has 2 aliphatic rings. The molecule has 2 heterocycles. The summed E-state index contributed by atoms with van der Waals surface area (Å²) in [6.45, 7) is 2.82. The molecule has 1 saturated heterocycles. The molecular weight excluding hydrogens is 326 g/mol. The monoisotopic (exact) mass is 349 g/mol. The Kier molecular flexibility index (Phi) is 4.15. The van der Waals surface area contributed by atoms with E-state index >= 15 is 0 Å². The molecule has 2 aromatic carbocycles. The maximum atomic E-state index is 12.8. The van der Waals surface area contributed by atoms with Gasteiger partial charge in [-0.15, -0.1) is 0 Å². The van der Waals surface area contributed by atoms with Gasteiger partial charge in [-0.05, 0) is 56.5 Å². The highest BCUT2D eigenvalue weighted by atomic mass is 16.2. The number of hydrogen-bond donors (Lipinski definition) is 1. The van der Waals surface area contributed by atoms with Gasteiger partial charge >= 0.3 is 0 Å². The third kappa shape index (κ3) is 2.83. The minimum Gasteiger partial charge on any atom is -0.354 e. The Balaban J connectivity index is 1.62. The molecule has 0 spiro atoms. The lowest BCUT2D eigenvalue weighted by atomic mass is 9.97. The number of amides is 2. The number of nitrogens with one attached hydrogen (secondary N) is 1. The first kappa shape index (κ1) is 16.6. The summed E-state index contributed by atoms with van der Waals surface area (Å²) in [6.07, 6.45) is 3.25. The summed E-state index contributed by atoms with van der Waals surface area (Å²) in [5.41, 5.74) is 4.00. The highest BCUT2D eigenvalue weighted by molar-refractivity contribution is 6.08. The molecule has 0 saturated carbocycles. The predicted molar refractivity (Wildman–Crippen MR) is 103 cm³/mol. The summed E-state index contributed by atoms with van der Waals surface area (Å²) in [5, 5.41) is 2.92. The highest BCUT2D eigenvalue weighted by Crippen LogP contribution is 2.34. The Morgan fingerprint density at radius 1 is 1.12 bits per heavy atom. The molecule has 0 aliphatic carbocycles. The van der Waals surface area contributed by atoms with Gasteiger partial charge in [0.2, 0.25) is 0 Å². The van der Waals surface area contributed by atoms with Crippen LogP contribution in [0.1, 0.15) is 45.5 Å². The number of carbonyl (C=O) groups is 2. The summed E-state index contributed by atoms with van der Waals surface area (Å²) in [5.74, 6) is -0.0862. The van der Waals surface area contributed by atoms with E-state index in [1.165, 1.54) is 0 Å². The van der Waals surface area contributed by atoms with Gasteiger partial charge in [0.15, 0.2) is 0 Å². The molecule has 2 aliphatic heterocycles. The molecule has 1 fully saturated rings. The van der Waals surface area contributed by atoms with Crippen LogP contribution in [0.5, 0.6) is 0 Å². The molecule has 26 heavy (non-hydrogen) atoms. The zero-order valence-electron chi connectivity index (χ0n) is 15.2. The van der Waals surface area contributed by atoms with Crippen LogP contribution in [0.25, 0.3) is 0 Å². The van der Waals surface area contributed by atoms with Crippen molar-refractivity contribution in [2.24, 2.45) is 0 Å². The van der Waals surface area contributed by atoms with Gasteiger partial charge in [0, 0.05) is 24.8 Å². The van der Waals surface area contributed by atoms with Crippen LogP contribution in [0.4, 0.5) is 11.4 Å². The molecule has 2 aromatic rings. The van der Waals surface area contributed by atoms with E-state index in [1.807, 2.05) is 49.2 Å². The van der Waals surface area contributed by atoms with E-state index in [0.717, 1.165) is 42.7 Å². The number of benzene rings is 2. The van der Waals surface area contributed by atoms with E-state index < -0.39 is 0 Å². The van der Waals surface area contributed by atoms with Gasteiger partial charge in [0.1, 0.15) is 6.17 Å². The summed E-state index contributed by atoms with van der Waals surface area (Å²) >= 11 is 0. The van der Waals surface area contributed by atoms with Crippen molar-refractivity contribution in [3.8, 4) is 0 Å². The number of anilines is 2. The van der Waals surface area contributed by atoms with Gasteiger partial charge in [0.05, 0.1) is 11.3 Å². The van der Waals surface area contributed by atoms with Gasteiger partial charge in [-0.3, -0.25) is 9.59 Å². The second-order valence-corrected chi connectivity index (χ2v) is 7.14. The van der Waals surface area contributed by atoms with Crippen LogP contribution in [0, 0.1) is 6.92 Å². The molecule has 0 bridgehead atoms. The first-order valence-corrected chi connectivity index (χ1v) is 9.10. The van der Waals surface area contributed by atoms with Gasteiger partial charge in [-0.2, -0.15) is 0 Å². The van der Waals surface area contributed by atoms with Crippen molar-refractivity contribution < 1.29 is 9.59 Å². The smallest absolute Gasteiger partial charge is 0.257 e. The molecule has 1 unspecified atom stereocenters. The van der Waals surface area contributed by atoms with Crippen LogP contribution in [-0.4, -0.2) is 36.5 Å². The van der Waals surface area contributed by atoms with Gasteiger partial charge in [0.25, 0.3) is 11.8 Å². The van der Waals surface area contributed by atoms with Crippen LogP contribution in [-0.2, 0) is 0 Å². The van der Waals surface area contributed by atoms with E-state index in [0.29, 0.717) is 11.1 Å². The lowest BCUT2D eigenvalue weighted by Crippen LogP contribution is -2.55. The normalized spacial score (nSPS) is 19.0. The molecule has 5 nitrogen and oxygen atoms in total. The second kappa shape index (κ2) is 6.48. The third-order valence-electron chi connectivity index (χ3n) is 5.36. The van der Waals surface area contributed by atoms with E-state index in [2.05, 4.69) is 10.2 Å². The number of aryl methyl sites for hydroxylation is 1. The Morgan fingerprint density at radius 2 is 1.88 bits per heavy atom. The zero-order chi connectivity index (χ0) is 18.3. The van der Waals surface area contributed by atoms with E-state index in [9.17, 15) is 9.59 Å². The molecular formula is C21H23N3O2. The van der Waals surface area contributed by atoms with Crippen LogP contribution in [0.15, 0.2) is 42.5 Å². The molecule has 5 heteroatoms. The Labute approximate surface area is 153 Å². The lowest BCUT2D eigenvalue weighted by Gasteiger charge is -2.46. The maximum absolute atomic E-state index is 12.8. The Hall–Kier alpha value is -2.82. The van der Waals surface area contributed by atoms with E-state index in [4.69, 9.17) is 0 Å². The van der Waals surface area contributed by atoms with Crippen molar-refractivity contribution in [3.05, 3.63) is 59.2 Å².